The lowest BCUT2D eigenvalue weighted by Gasteiger charge is -2.25. The maximum absolute atomic E-state index is 11.3. The Balaban J connectivity index is 1.95. The highest BCUT2D eigenvalue weighted by Crippen LogP contribution is 2.46. The fourth-order valence-corrected chi connectivity index (χ4v) is 2.62. The first-order chi connectivity index (χ1) is 6.58. The molecule has 0 aliphatic heterocycles. The molecule has 0 aromatic heterocycles. The molecule has 3 heteroatoms. The minimum absolute atomic E-state index is 0.0760. The second kappa shape index (κ2) is 3.39. The van der Waals surface area contributed by atoms with E-state index in [1.165, 1.54) is 0 Å². The molecule has 2 aliphatic carbocycles. The van der Waals surface area contributed by atoms with Crippen LogP contribution in [0.4, 0.5) is 0 Å². The maximum Gasteiger partial charge on any atom is 0.333 e. The minimum Gasteiger partial charge on any atom is -0.459 e. The number of hydrogen-bond donors (Lipinski definition) is 1. The van der Waals surface area contributed by atoms with Gasteiger partial charge in [0.1, 0.15) is 6.10 Å². The third-order valence-corrected chi connectivity index (χ3v) is 3.32. The summed E-state index contributed by atoms with van der Waals surface area (Å²) in [6.45, 7) is 5.19. The van der Waals surface area contributed by atoms with Crippen molar-refractivity contribution < 1.29 is 14.6 Å². The summed E-state index contributed by atoms with van der Waals surface area (Å²) in [6.07, 6.45) is 2.46. The van der Waals surface area contributed by atoms with Gasteiger partial charge in [-0.1, -0.05) is 6.58 Å². The molecule has 2 rings (SSSR count). The molecule has 0 aromatic carbocycles. The predicted molar refractivity (Wildman–Crippen MR) is 51.5 cm³/mol. The average Bonchev–Trinajstić information content (AvgIpc) is 2.61. The first-order valence-electron chi connectivity index (χ1n) is 5.12. The number of esters is 1. The highest BCUT2D eigenvalue weighted by molar-refractivity contribution is 5.87. The van der Waals surface area contributed by atoms with Crippen molar-refractivity contribution in [2.75, 3.05) is 0 Å². The Morgan fingerprint density at radius 3 is 2.64 bits per heavy atom. The molecular formula is C11H16O3. The Labute approximate surface area is 83.8 Å². The van der Waals surface area contributed by atoms with Crippen molar-refractivity contribution in [1.82, 2.24) is 0 Å². The van der Waals surface area contributed by atoms with Crippen LogP contribution in [0.1, 0.15) is 26.2 Å². The number of carbonyl (C=O) groups is 1. The Bertz CT molecular complexity index is 272. The summed E-state index contributed by atoms with van der Waals surface area (Å²) in [7, 11) is 0. The van der Waals surface area contributed by atoms with Crippen LogP contribution in [0.3, 0.4) is 0 Å². The summed E-state index contributed by atoms with van der Waals surface area (Å²) in [5.41, 5.74) is 0.433. The van der Waals surface area contributed by atoms with Crippen molar-refractivity contribution >= 4 is 5.97 Å². The van der Waals surface area contributed by atoms with Gasteiger partial charge in [-0.2, -0.15) is 0 Å². The molecule has 78 valence electrons. The lowest BCUT2D eigenvalue weighted by molar-refractivity contribution is -0.148. The van der Waals surface area contributed by atoms with Crippen molar-refractivity contribution in [1.29, 1.82) is 0 Å². The summed E-state index contributed by atoms with van der Waals surface area (Å²) < 4.78 is 5.28. The van der Waals surface area contributed by atoms with Gasteiger partial charge in [0.2, 0.25) is 0 Å². The van der Waals surface area contributed by atoms with Crippen LogP contribution in [0, 0.1) is 11.8 Å². The van der Waals surface area contributed by atoms with Gasteiger partial charge in [0.25, 0.3) is 0 Å². The average molecular weight is 196 g/mol. The van der Waals surface area contributed by atoms with Crippen LogP contribution in [0.5, 0.6) is 0 Å². The first-order valence-corrected chi connectivity index (χ1v) is 5.12. The standard InChI is InChI=1S/C11H16O3/c1-6(2)11(13)14-10-5-7-3-8(10)9(12)4-7/h7-10,12H,1,3-5H2,2H3. The molecule has 0 spiro atoms. The molecule has 1 N–H and O–H groups in total. The van der Waals surface area contributed by atoms with Crippen molar-refractivity contribution in [3.05, 3.63) is 12.2 Å². The van der Waals surface area contributed by atoms with Gasteiger partial charge in [-0.25, -0.2) is 4.79 Å². The third kappa shape index (κ3) is 1.57. The van der Waals surface area contributed by atoms with Gasteiger partial charge in [-0.15, -0.1) is 0 Å². The van der Waals surface area contributed by atoms with E-state index in [0.717, 1.165) is 19.3 Å². The van der Waals surface area contributed by atoms with Crippen molar-refractivity contribution in [2.24, 2.45) is 11.8 Å². The molecule has 4 atom stereocenters. The Morgan fingerprint density at radius 1 is 1.43 bits per heavy atom. The van der Waals surface area contributed by atoms with Crippen LogP contribution >= 0.6 is 0 Å². The third-order valence-electron chi connectivity index (χ3n) is 3.32. The zero-order valence-corrected chi connectivity index (χ0v) is 8.40. The van der Waals surface area contributed by atoms with Crippen LogP contribution in [-0.4, -0.2) is 23.3 Å². The number of rotatable bonds is 2. The number of hydrogen-bond acceptors (Lipinski definition) is 3. The van der Waals surface area contributed by atoms with Gasteiger partial charge < -0.3 is 9.84 Å². The van der Waals surface area contributed by atoms with E-state index in [1.807, 2.05) is 0 Å². The van der Waals surface area contributed by atoms with E-state index in [-0.39, 0.29) is 24.1 Å². The molecule has 0 amide bonds. The topological polar surface area (TPSA) is 46.5 Å². The van der Waals surface area contributed by atoms with Crippen molar-refractivity contribution in [2.45, 2.75) is 38.4 Å². The predicted octanol–water partition coefficient (Wildman–Crippen LogP) is 1.27. The van der Waals surface area contributed by atoms with E-state index in [0.29, 0.717) is 11.5 Å². The van der Waals surface area contributed by atoms with Gasteiger partial charge in [-0.05, 0) is 32.1 Å². The molecule has 2 bridgehead atoms. The lowest BCUT2D eigenvalue weighted by Crippen LogP contribution is -2.32. The smallest absolute Gasteiger partial charge is 0.333 e. The van der Waals surface area contributed by atoms with Gasteiger partial charge in [0, 0.05) is 11.5 Å². The fourth-order valence-electron chi connectivity index (χ4n) is 2.62. The van der Waals surface area contributed by atoms with E-state index in [2.05, 4.69) is 6.58 Å². The second-order valence-corrected chi connectivity index (χ2v) is 4.53. The number of aliphatic hydroxyl groups is 1. The number of carbonyl (C=O) groups excluding carboxylic acids is 1. The molecular weight excluding hydrogens is 180 g/mol. The van der Waals surface area contributed by atoms with E-state index in [4.69, 9.17) is 4.74 Å². The van der Waals surface area contributed by atoms with Gasteiger partial charge in [0.15, 0.2) is 0 Å². The van der Waals surface area contributed by atoms with Gasteiger partial charge in [-0.3, -0.25) is 0 Å². The molecule has 0 saturated heterocycles. The highest BCUT2D eigenvalue weighted by Gasteiger charge is 2.47. The number of aliphatic hydroxyl groups excluding tert-OH is 1. The molecule has 3 nitrogen and oxygen atoms in total. The van der Waals surface area contributed by atoms with Gasteiger partial charge in [0.05, 0.1) is 6.10 Å². The summed E-state index contributed by atoms with van der Waals surface area (Å²) in [4.78, 5) is 11.3. The molecule has 0 radical (unpaired) electrons. The normalized spacial score (nSPS) is 39.9. The zero-order valence-electron chi connectivity index (χ0n) is 8.40. The molecule has 4 unspecified atom stereocenters. The minimum atomic E-state index is -0.324. The number of ether oxygens (including phenoxy) is 1. The quantitative estimate of drug-likeness (QED) is 0.534. The largest absolute Gasteiger partial charge is 0.459 e. The SMILES string of the molecule is C=C(C)C(=O)OC1CC2CC(O)C1C2. The molecule has 0 heterocycles. The molecule has 2 aliphatic rings. The summed E-state index contributed by atoms with van der Waals surface area (Å²) in [6, 6.07) is 0. The van der Waals surface area contributed by atoms with Gasteiger partial charge >= 0.3 is 5.97 Å². The summed E-state index contributed by atoms with van der Waals surface area (Å²) >= 11 is 0. The monoisotopic (exact) mass is 196 g/mol. The van der Waals surface area contributed by atoms with Crippen LogP contribution < -0.4 is 0 Å². The Morgan fingerprint density at radius 2 is 2.14 bits per heavy atom. The van der Waals surface area contributed by atoms with E-state index in [1.54, 1.807) is 6.92 Å². The molecule has 2 fully saturated rings. The van der Waals surface area contributed by atoms with Crippen molar-refractivity contribution in [3.8, 4) is 0 Å². The maximum atomic E-state index is 11.3. The Hall–Kier alpha value is -0.830. The van der Waals surface area contributed by atoms with Crippen LogP contribution in [0.25, 0.3) is 0 Å². The molecule has 0 aromatic rings. The van der Waals surface area contributed by atoms with Crippen molar-refractivity contribution in [3.63, 3.8) is 0 Å². The Kier molecular flexibility index (Phi) is 2.35. The fraction of sp³-hybridized carbons (Fsp3) is 0.727. The summed E-state index contributed by atoms with van der Waals surface area (Å²) in [5, 5.41) is 9.63. The lowest BCUT2D eigenvalue weighted by atomic mass is 9.95. The second-order valence-electron chi connectivity index (χ2n) is 4.53. The summed E-state index contributed by atoms with van der Waals surface area (Å²) in [5.74, 6) is 0.399. The molecule has 2 saturated carbocycles. The van der Waals surface area contributed by atoms with Crippen LogP contribution in [0.2, 0.25) is 0 Å². The van der Waals surface area contributed by atoms with Crippen LogP contribution in [0.15, 0.2) is 12.2 Å². The number of fused-ring (bicyclic) bond motifs is 2. The van der Waals surface area contributed by atoms with E-state index >= 15 is 0 Å². The van der Waals surface area contributed by atoms with Crippen LogP contribution in [-0.2, 0) is 9.53 Å². The zero-order chi connectivity index (χ0) is 10.3. The van der Waals surface area contributed by atoms with E-state index < -0.39 is 0 Å². The van der Waals surface area contributed by atoms with E-state index in [9.17, 15) is 9.90 Å². The highest BCUT2D eigenvalue weighted by atomic mass is 16.5. The molecule has 14 heavy (non-hydrogen) atoms. The first kappa shape index (κ1) is 9.71.